The van der Waals surface area contributed by atoms with Gasteiger partial charge in [-0.2, -0.15) is 0 Å². The van der Waals surface area contributed by atoms with Crippen molar-refractivity contribution in [3.8, 4) is 11.5 Å². The summed E-state index contributed by atoms with van der Waals surface area (Å²) < 4.78 is 33.5. The van der Waals surface area contributed by atoms with Gasteiger partial charge in [-0.05, 0) is 34.0 Å². The van der Waals surface area contributed by atoms with Crippen LogP contribution in [0, 0.1) is 0 Å². The van der Waals surface area contributed by atoms with E-state index in [1.807, 2.05) is 6.92 Å². The molecule has 0 aliphatic carbocycles. The van der Waals surface area contributed by atoms with E-state index in [1.54, 1.807) is 13.2 Å². The van der Waals surface area contributed by atoms with E-state index in [1.165, 1.54) is 7.11 Å². The standard InChI is InChI=1S/C11H14BrClO4S/c1-4-7-5-8(6-18(13,14)15)11(17-3)9(12)10(7)16-2/h5H,4,6H2,1-3H3. The lowest BCUT2D eigenvalue weighted by atomic mass is 10.1. The normalized spacial score (nSPS) is 11.4. The first-order chi connectivity index (χ1) is 8.34. The van der Waals surface area contributed by atoms with Gasteiger partial charge in [0, 0.05) is 16.2 Å². The summed E-state index contributed by atoms with van der Waals surface area (Å²) in [4.78, 5) is 0. The average Bonchev–Trinajstić information content (AvgIpc) is 2.26. The van der Waals surface area contributed by atoms with Crippen LogP contribution in [-0.4, -0.2) is 22.6 Å². The zero-order valence-electron chi connectivity index (χ0n) is 10.3. The van der Waals surface area contributed by atoms with Gasteiger partial charge in [0.2, 0.25) is 9.05 Å². The third-order valence-corrected chi connectivity index (χ3v) is 4.15. The first-order valence-electron chi connectivity index (χ1n) is 5.18. The number of hydrogen-bond acceptors (Lipinski definition) is 4. The summed E-state index contributed by atoms with van der Waals surface area (Å²) in [6.45, 7) is 1.95. The topological polar surface area (TPSA) is 52.6 Å². The molecule has 0 radical (unpaired) electrons. The van der Waals surface area contributed by atoms with Crippen molar-refractivity contribution in [2.24, 2.45) is 0 Å². The maximum atomic E-state index is 11.2. The van der Waals surface area contributed by atoms with Gasteiger partial charge in [-0.15, -0.1) is 0 Å². The van der Waals surface area contributed by atoms with Gasteiger partial charge in [-0.3, -0.25) is 0 Å². The highest BCUT2D eigenvalue weighted by Gasteiger charge is 2.20. The summed E-state index contributed by atoms with van der Waals surface area (Å²) in [7, 11) is 4.67. The molecule has 0 aromatic heterocycles. The van der Waals surface area contributed by atoms with Crippen molar-refractivity contribution >= 4 is 35.7 Å². The molecule has 0 aliphatic heterocycles. The van der Waals surface area contributed by atoms with Crippen LogP contribution in [0.5, 0.6) is 11.5 Å². The molecule has 0 saturated carbocycles. The lowest BCUT2D eigenvalue weighted by Gasteiger charge is -2.16. The predicted octanol–water partition coefficient (Wildman–Crippen LogP) is 3.10. The van der Waals surface area contributed by atoms with E-state index < -0.39 is 9.05 Å². The van der Waals surface area contributed by atoms with Crippen LogP contribution in [0.2, 0.25) is 0 Å². The van der Waals surface area contributed by atoms with Gasteiger partial charge in [-0.1, -0.05) is 6.92 Å². The minimum atomic E-state index is -3.64. The van der Waals surface area contributed by atoms with Gasteiger partial charge < -0.3 is 9.47 Å². The van der Waals surface area contributed by atoms with E-state index in [0.29, 0.717) is 28.0 Å². The highest BCUT2D eigenvalue weighted by Crippen LogP contribution is 2.41. The van der Waals surface area contributed by atoms with Crippen LogP contribution < -0.4 is 9.47 Å². The van der Waals surface area contributed by atoms with Crippen LogP contribution in [-0.2, 0) is 21.2 Å². The Labute approximate surface area is 120 Å². The predicted molar refractivity (Wildman–Crippen MR) is 75.1 cm³/mol. The summed E-state index contributed by atoms with van der Waals surface area (Å²) in [5.41, 5.74) is 1.40. The number of methoxy groups -OCH3 is 2. The zero-order chi connectivity index (χ0) is 13.9. The Balaban J connectivity index is 3.47. The molecule has 0 saturated heterocycles. The van der Waals surface area contributed by atoms with E-state index in [9.17, 15) is 8.42 Å². The number of halogens is 2. The van der Waals surface area contributed by atoms with Gasteiger partial charge in [0.25, 0.3) is 0 Å². The molecule has 0 aliphatic rings. The molecule has 1 rings (SSSR count). The Morgan fingerprint density at radius 2 is 1.72 bits per heavy atom. The fourth-order valence-electron chi connectivity index (χ4n) is 1.72. The molecule has 0 fully saturated rings. The van der Waals surface area contributed by atoms with Gasteiger partial charge in [0.15, 0.2) is 0 Å². The summed E-state index contributed by atoms with van der Waals surface area (Å²) in [5, 5.41) is 0. The van der Waals surface area contributed by atoms with E-state index in [0.717, 1.165) is 5.56 Å². The van der Waals surface area contributed by atoms with Gasteiger partial charge >= 0.3 is 0 Å². The number of aryl methyl sites for hydroxylation is 1. The summed E-state index contributed by atoms with van der Waals surface area (Å²) >= 11 is 3.36. The molecule has 0 atom stereocenters. The monoisotopic (exact) mass is 356 g/mol. The second-order valence-electron chi connectivity index (χ2n) is 3.61. The number of ether oxygens (including phenoxy) is 2. The fraction of sp³-hybridized carbons (Fsp3) is 0.455. The van der Waals surface area contributed by atoms with Gasteiger partial charge in [0.05, 0.1) is 20.0 Å². The van der Waals surface area contributed by atoms with Crippen molar-refractivity contribution in [2.75, 3.05) is 14.2 Å². The molecule has 0 spiro atoms. The Hall–Kier alpha value is -0.460. The molecule has 0 bridgehead atoms. The van der Waals surface area contributed by atoms with Gasteiger partial charge in [-0.25, -0.2) is 8.42 Å². The highest BCUT2D eigenvalue weighted by molar-refractivity contribution is 9.10. The van der Waals surface area contributed by atoms with Crippen LogP contribution in [0.4, 0.5) is 0 Å². The molecule has 1 aromatic carbocycles. The van der Waals surface area contributed by atoms with Crippen LogP contribution in [0.25, 0.3) is 0 Å². The second kappa shape index (κ2) is 6.12. The molecule has 4 nitrogen and oxygen atoms in total. The molecule has 0 unspecified atom stereocenters. The Morgan fingerprint density at radius 1 is 1.22 bits per heavy atom. The highest BCUT2D eigenvalue weighted by atomic mass is 79.9. The molecular formula is C11H14BrClO4S. The lowest BCUT2D eigenvalue weighted by molar-refractivity contribution is 0.384. The lowest BCUT2D eigenvalue weighted by Crippen LogP contribution is -2.03. The molecule has 0 heterocycles. The van der Waals surface area contributed by atoms with Crippen LogP contribution >= 0.6 is 26.6 Å². The summed E-state index contributed by atoms with van der Waals surface area (Å²) in [6, 6.07) is 1.74. The van der Waals surface area contributed by atoms with Gasteiger partial charge in [0.1, 0.15) is 16.0 Å². The second-order valence-corrected chi connectivity index (χ2v) is 7.18. The minimum absolute atomic E-state index is 0.284. The fourth-order valence-corrected chi connectivity index (χ4v) is 3.50. The first kappa shape index (κ1) is 15.6. The minimum Gasteiger partial charge on any atom is -0.495 e. The van der Waals surface area contributed by atoms with Crippen molar-refractivity contribution in [3.05, 3.63) is 21.7 Å². The molecule has 0 amide bonds. The van der Waals surface area contributed by atoms with Crippen molar-refractivity contribution in [1.82, 2.24) is 0 Å². The number of benzene rings is 1. The molecular weight excluding hydrogens is 344 g/mol. The van der Waals surface area contributed by atoms with Crippen molar-refractivity contribution in [1.29, 1.82) is 0 Å². The van der Waals surface area contributed by atoms with Crippen LogP contribution in [0.1, 0.15) is 18.1 Å². The van der Waals surface area contributed by atoms with Crippen LogP contribution in [0.15, 0.2) is 10.5 Å². The molecule has 18 heavy (non-hydrogen) atoms. The Bertz CT molecular complexity index is 542. The number of rotatable bonds is 5. The summed E-state index contributed by atoms with van der Waals surface area (Å²) in [5.74, 6) is 0.784. The maximum absolute atomic E-state index is 11.2. The molecule has 102 valence electrons. The number of hydrogen-bond donors (Lipinski definition) is 0. The molecule has 0 N–H and O–H groups in total. The van der Waals surface area contributed by atoms with Crippen molar-refractivity contribution < 1.29 is 17.9 Å². The van der Waals surface area contributed by atoms with E-state index in [2.05, 4.69) is 15.9 Å². The van der Waals surface area contributed by atoms with E-state index in [-0.39, 0.29) is 5.75 Å². The van der Waals surface area contributed by atoms with Crippen LogP contribution in [0.3, 0.4) is 0 Å². The van der Waals surface area contributed by atoms with E-state index in [4.69, 9.17) is 20.2 Å². The summed E-state index contributed by atoms with van der Waals surface area (Å²) in [6.07, 6.45) is 0.709. The molecule has 7 heteroatoms. The Morgan fingerprint density at radius 3 is 2.11 bits per heavy atom. The van der Waals surface area contributed by atoms with E-state index >= 15 is 0 Å². The first-order valence-corrected chi connectivity index (χ1v) is 8.45. The van der Waals surface area contributed by atoms with Crippen molar-refractivity contribution in [2.45, 2.75) is 19.1 Å². The third-order valence-electron chi connectivity index (χ3n) is 2.45. The zero-order valence-corrected chi connectivity index (χ0v) is 13.4. The average molecular weight is 358 g/mol. The smallest absolute Gasteiger partial charge is 0.236 e. The molecule has 1 aromatic rings. The Kier molecular flexibility index (Phi) is 5.31. The third kappa shape index (κ3) is 3.52. The maximum Gasteiger partial charge on any atom is 0.236 e. The SMILES string of the molecule is CCc1cc(CS(=O)(=O)Cl)c(OC)c(Br)c1OC. The van der Waals surface area contributed by atoms with Crippen molar-refractivity contribution in [3.63, 3.8) is 0 Å². The largest absolute Gasteiger partial charge is 0.495 e. The quantitative estimate of drug-likeness (QED) is 0.760.